The van der Waals surface area contributed by atoms with Gasteiger partial charge in [0.25, 0.3) is 5.01 Å². The molecule has 6 aromatic rings. The van der Waals surface area contributed by atoms with Gasteiger partial charge in [-0.05, 0) is 68.3 Å². The second kappa shape index (κ2) is 25.6. The zero-order valence-corrected chi connectivity index (χ0v) is 41.1. The largest absolute Gasteiger partial charge is 1.00 e. The Bertz CT molecular complexity index is 2470. The molecule has 346 valence electrons. The van der Waals surface area contributed by atoms with Crippen molar-refractivity contribution in [2.45, 2.75) is 64.9 Å². The molecule has 3 N–H and O–H groups in total. The fraction of sp³-hybridized carbons (Fsp3) is 0.306. The van der Waals surface area contributed by atoms with Crippen LogP contribution in [0.1, 0.15) is 68.1 Å². The van der Waals surface area contributed by atoms with Gasteiger partial charge in [0, 0.05) is 40.7 Å². The maximum atomic E-state index is 12.4. The number of hydrogen-bond acceptors (Lipinski definition) is 10. The molecule has 0 saturated carbocycles. The van der Waals surface area contributed by atoms with Gasteiger partial charge in [-0.1, -0.05) is 83.1 Å². The van der Waals surface area contributed by atoms with Gasteiger partial charge < -0.3 is 41.9 Å². The summed E-state index contributed by atoms with van der Waals surface area (Å²) in [5, 5.41) is 20.5. The van der Waals surface area contributed by atoms with Crippen LogP contribution in [0.5, 0.6) is 11.5 Å². The van der Waals surface area contributed by atoms with Crippen LogP contribution < -0.4 is 22.1 Å². The number of halogens is 2. The molecule has 0 aliphatic carbocycles. The third-order valence-corrected chi connectivity index (χ3v) is 12.8. The summed E-state index contributed by atoms with van der Waals surface area (Å²) in [6, 6.07) is 30.1. The minimum absolute atomic E-state index is 0. The van der Waals surface area contributed by atoms with E-state index in [0.29, 0.717) is 29.4 Å². The normalized spacial score (nSPS) is 11.3. The predicted octanol–water partition coefficient (Wildman–Crippen LogP) is 6.37. The van der Waals surface area contributed by atoms with Crippen molar-refractivity contribution in [2.75, 3.05) is 35.3 Å². The Morgan fingerprint density at radius 3 is 1.66 bits per heavy atom. The van der Waals surface area contributed by atoms with Gasteiger partial charge in [0.2, 0.25) is 11.8 Å². The van der Waals surface area contributed by atoms with E-state index in [1.807, 2.05) is 6.92 Å². The van der Waals surface area contributed by atoms with E-state index in [0.717, 1.165) is 21.1 Å². The second-order valence-corrected chi connectivity index (χ2v) is 17.9. The van der Waals surface area contributed by atoms with Crippen LogP contribution in [-0.4, -0.2) is 84.1 Å². The van der Waals surface area contributed by atoms with Gasteiger partial charge in [0.05, 0.1) is 58.7 Å². The highest BCUT2D eigenvalue weighted by atomic mass is 35.5. The number of amides is 2. The van der Waals surface area contributed by atoms with Crippen LogP contribution in [0.4, 0.5) is 0 Å². The number of ether oxygens (including phenoxy) is 2. The molecular formula is C49H56Cl2N4O8S2. The average molecular weight is 964 g/mol. The Kier molecular flexibility index (Phi) is 21.1. The van der Waals surface area contributed by atoms with E-state index < -0.39 is 23.8 Å². The Balaban J connectivity index is 0.000000280. The van der Waals surface area contributed by atoms with Gasteiger partial charge >= 0.3 is 11.9 Å². The zero-order valence-electron chi connectivity index (χ0n) is 38.0. The van der Waals surface area contributed by atoms with Crippen molar-refractivity contribution in [3.63, 3.8) is 0 Å². The van der Waals surface area contributed by atoms with E-state index in [4.69, 9.17) is 21.4 Å². The van der Waals surface area contributed by atoms with Gasteiger partial charge in [0.15, 0.2) is 5.69 Å². The van der Waals surface area contributed by atoms with Crippen molar-refractivity contribution < 1.29 is 56.3 Å². The highest BCUT2D eigenvalue weighted by Gasteiger charge is 2.27. The quantitative estimate of drug-likeness (QED) is 0.0935. The number of carboxylic acid groups (broad SMARTS) is 1. The van der Waals surface area contributed by atoms with Crippen molar-refractivity contribution in [3.8, 4) is 32.6 Å². The minimum Gasteiger partial charge on any atom is -1.00 e. The molecule has 16 heteroatoms. The van der Waals surface area contributed by atoms with Crippen LogP contribution in [0.3, 0.4) is 0 Å². The number of phenols is 1. The number of hydrogen-bond donors (Lipinski definition) is 2. The zero-order chi connectivity index (χ0) is 47.1. The van der Waals surface area contributed by atoms with Gasteiger partial charge in [-0.15, -0.1) is 22.9 Å². The molecule has 0 radical (unpaired) electrons. The Labute approximate surface area is 400 Å². The summed E-state index contributed by atoms with van der Waals surface area (Å²) in [6.45, 7) is 8.58. The highest BCUT2D eigenvalue weighted by molar-refractivity contribution is 7.15. The van der Waals surface area contributed by atoms with E-state index in [-0.39, 0.29) is 42.8 Å². The molecule has 2 atom stereocenters. The lowest BCUT2D eigenvalue weighted by atomic mass is 9.94. The molecule has 0 aliphatic rings. The Morgan fingerprint density at radius 2 is 1.20 bits per heavy atom. The number of benzene rings is 4. The first-order chi connectivity index (χ1) is 30.4. The van der Waals surface area contributed by atoms with Crippen LogP contribution in [0.2, 0.25) is 0 Å². The summed E-state index contributed by atoms with van der Waals surface area (Å²) in [5.74, 6) is -1.82. The molecule has 0 unspecified atom stereocenters. The second-order valence-electron chi connectivity index (χ2n) is 15.4. The number of thiazole rings is 2. The van der Waals surface area contributed by atoms with Crippen LogP contribution >= 0.6 is 34.3 Å². The summed E-state index contributed by atoms with van der Waals surface area (Å²) >= 11 is 9.19. The highest BCUT2D eigenvalue weighted by Crippen LogP contribution is 2.31. The summed E-state index contributed by atoms with van der Waals surface area (Å²) in [5.41, 5.74) is 8.25. The SMILES string of the molecule is COC(=O)C[C@H](C(=O)N(C)C)c1ccc(O)cc1.Cc1ccc(-c2[nH+]c(C)c(CCl)s2)cc1.Cc1ccc(-c2nc(C)c(COc3ccc([C@H](CC(=O)O)C(=O)N(C)C)cc3)s2)cc1.[Cl-]. The lowest BCUT2D eigenvalue weighted by Crippen LogP contribution is -3.00. The number of aromatic hydroxyl groups is 1. The third-order valence-electron chi connectivity index (χ3n) is 9.97. The van der Waals surface area contributed by atoms with Gasteiger partial charge in [-0.2, -0.15) is 4.98 Å². The molecule has 4 aromatic carbocycles. The van der Waals surface area contributed by atoms with Crippen molar-refractivity contribution in [2.24, 2.45) is 0 Å². The van der Waals surface area contributed by atoms with Crippen molar-refractivity contribution >= 4 is 58.0 Å². The van der Waals surface area contributed by atoms with Gasteiger partial charge in [0.1, 0.15) is 23.1 Å². The summed E-state index contributed by atoms with van der Waals surface area (Å²) in [4.78, 5) is 60.1. The molecule has 2 heterocycles. The molecule has 0 fully saturated rings. The summed E-state index contributed by atoms with van der Waals surface area (Å²) in [7, 11) is 7.80. The number of carbonyl (C=O) groups excluding carboxylic acids is 3. The lowest BCUT2D eigenvalue weighted by Gasteiger charge is -2.20. The minimum atomic E-state index is -1.01. The Morgan fingerprint density at radius 1 is 0.708 bits per heavy atom. The van der Waals surface area contributed by atoms with Crippen LogP contribution in [0.25, 0.3) is 21.1 Å². The molecule has 0 spiro atoms. The molecule has 0 saturated heterocycles. The molecule has 65 heavy (non-hydrogen) atoms. The van der Waals surface area contributed by atoms with E-state index >= 15 is 0 Å². The number of aromatic nitrogens is 2. The van der Waals surface area contributed by atoms with Crippen molar-refractivity contribution in [1.82, 2.24) is 14.8 Å². The third kappa shape index (κ3) is 16.0. The van der Waals surface area contributed by atoms with Crippen molar-refractivity contribution in [3.05, 3.63) is 140 Å². The average Bonchev–Trinajstić information content (AvgIpc) is 3.85. The van der Waals surface area contributed by atoms with E-state index in [2.05, 4.69) is 84.0 Å². The van der Waals surface area contributed by atoms with Crippen molar-refractivity contribution in [1.29, 1.82) is 0 Å². The molecule has 2 amide bonds. The van der Waals surface area contributed by atoms with Gasteiger partial charge in [-0.25, -0.2) is 4.98 Å². The first-order valence-corrected chi connectivity index (χ1v) is 22.5. The number of esters is 1. The topological polar surface area (TPSA) is 161 Å². The van der Waals surface area contributed by atoms with Gasteiger partial charge in [-0.3, -0.25) is 19.2 Å². The predicted molar refractivity (Wildman–Crippen MR) is 253 cm³/mol. The number of aryl methyl sites for hydroxylation is 4. The summed E-state index contributed by atoms with van der Waals surface area (Å²) in [6.07, 6.45) is -0.267. The van der Waals surface area contributed by atoms with E-state index in [9.17, 15) is 24.3 Å². The first kappa shape index (κ1) is 53.5. The standard InChI is InChI=1S/C24H26N2O4S.C13H17NO4.C12H12ClNS.ClH/c1-15-5-7-18(8-6-15)23-25-16(2)21(31-23)14-30-19-11-9-17(10-12-19)20(13-22(27)28)24(29)26(3)4;1-14(2)13(17)11(8-12(16)18-3)9-4-6-10(15)7-5-9;1-8-3-5-10(6-4-8)12-14-9(2)11(7-13)15-12;/h5-12,20H,13-14H2,1-4H3,(H,27,28);4-7,11,15H,8H2,1-3H3;3-6H,7H2,1-2H3;1H/t20-;11-;;/m00../s1. The summed E-state index contributed by atoms with van der Waals surface area (Å²) < 4.78 is 10.5. The van der Waals surface area contributed by atoms with Crippen LogP contribution in [0, 0.1) is 27.7 Å². The molecule has 0 bridgehead atoms. The number of H-pyrrole nitrogens is 1. The number of aliphatic carboxylic acids is 1. The molecular weight excluding hydrogens is 908 g/mol. The first-order valence-electron chi connectivity index (χ1n) is 20.3. The monoisotopic (exact) mass is 962 g/mol. The number of rotatable bonds is 14. The number of nitrogens with zero attached hydrogens (tertiary/aromatic N) is 3. The molecule has 0 aliphatic heterocycles. The number of likely N-dealkylation sites (N-methyl/N-ethyl adjacent to an activating group) is 2. The lowest BCUT2D eigenvalue weighted by molar-refractivity contribution is -0.368. The molecule has 12 nitrogen and oxygen atoms in total. The maximum absolute atomic E-state index is 12.4. The number of phenolic OH excluding ortho intramolecular Hbond substituents is 1. The van der Waals surface area contributed by atoms with Crippen LogP contribution in [0.15, 0.2) is 97.1 Å². The molecule has 2 aromatic heterocycles. The Hall–Kier alpha value is -5.80. The smallest absolute Gasteiger partial charge is 0.306 e. The maximum Gasteiger partial charge on any atom is 0.306 e. The van der Waals surface area contributed by atoms with Crippen LogP contribution in [-0.2, 0) is 36.4 Å². The van der Waals surface area contributed by atoms with E-state index in [1.54, 1.807) is 87.3 Å². The van der Waals surface area contributed by atoms with E-state index in [1.165, 1.54) is 61.3 Å². The number of alkyl halides is 1. The number of methoxy groups -OCH3 is 1. The fourth-order valence-electron chi connectivity index (χ4n) is 6.21. The number of carboxylic acids is 1. The number of nitrogens with one attached hydrogen (secondary N) is 1. The number of carbonyl (C=O) groups is 4. The fourth-order valence-corrected chi connectivity index (χ4v) is 8.51. The number of aromatic amines is 1. The molecule has 6 rings (SSSR count).